The molecule has 0 radical (unpaired) electrons. The zero-order valence-corrected chi connectivity index (χ0v) is 9.82. The van der Waals surface area contributed by atoms with Crippen LogP contribution in [0.15, 0.2) is 42.5 Å². The van der Waals surface area contributed by atoms with E-state index in [1.54, 1.807) is 0 Å². The number of benzene rings is 1. The van der Waals surface area contributed by atoms with Gasteiger partial charge in [0.2, 0.25) is 0 Å². The fourth-order valence-corrected chi connectivity index (χ4v) is 4.01. The van der Waals surface area contributed by atoms with E-state index in [4.69, 9.17) is 0 Å². The lowest BCUT2D eigenvalue weighted by Crippen LogP contribution is -2.35. The van der Waals surface area contributed by atoms with Gasteiger partial charge in [0.15, 0.2) is 5.78 Å². The fourth-order valence-electron chi connectivity index (χ4n) is 2.49. The van der Waals surface area contributed by atoms with Gasteiger partial charge in [0.1, 0.15) is 0 Å². The average molecular weight is 230 g/mol. The zero-order chi connectivity index (χ0) is 11.0. The standard InChI is InChI=1S/C14H14OS/c15-13(10-4-2-1-3-5-10)14-11-6-8-12(16-14)9-7-11/h1-6,8,11-12,14H,7,9H2/t11-,12+,14-/m1/s1. The minimum Gasteiger partial charge on any atom is -0.293 e. The highest BCUT2D eigenvalue weighted by Gasteiger charge is 2.37. The maximum atomic E-state index is 12.3. The van der Waals surface area contributed by atoms with Crippen LogP contribution in [0, 0.1) is 5.92 Å². The first-order valence-electron chi connectivity index (χ1n) is 5.77. The van der Waals surface area contributed by atoms with Crippen molar-refractivity contribution >= 4 is 17.5 Å². The highest BCUT2D eigenvalue weighted by Crippen LogP contribution is 2.43. The van der Waals surface area contributed by atoms with Gasteiger partial charge in [-0.05, 0) is 18.8 Å². The van der Waals surface area contributed by atoms with Gasteiger partial charge in [-0.25, -0.2) is 0 Å². The quantitative estimate of drug-likeness (QED) is 0.572. The number of thioether (sulfide) groups is 1. The second kappa shape index (κ2) is 4.10. The third-order valence-corrected chi connectivity index (χ3v) is 4.98. The maximum absolute atomic E-state index is 12.3. The number of fused-ring (bicyclic) bond motifs is 2. The normalized spacial score (nSPS) is 31.6. The Kier molecular flexibility index (Phi) is 2.60. The minimum atomic E-state index is 0.158. The lowest BCUT2D eigenvalue weighted by Gasteiger charge is -2.36. The molecule has 1 aromatic rings. The van der Waals surface area contributed by atoms with E-state index in [1.807, 2.05) is 42.1 Å². The summed E-state index contributed by atoms with van der Waals surface area (Å²) in [5.41, 5.74) is 0.862. The molecule has 2 bridgehead atoms. The Labute approximate surface area is 99.9 Å². The SMILES string of the molecule is O=C(c1ccccc1)[C@@H]1S[C@H]2C=C[C@@H]1CC2. The number of carbonyl (C=O) groups is 1. The number of Topliss-reactive ketones (excluding diaryl/α,β-unsaturated/α-hetero) is 1. The molecule has 16 heavy (non-hydrogen) atoms. The van der Waals surface area contributed by atoms with E-state index in [9.17, 15) is 4.79 Å². The molecule has 3 aliphatic rings. The zero-order valence-electron chi connectivity index (χ0n) is 9.00. The summed E-state index contributed by atoms with van der Waals surface area (Å²) in [6.07, 6.45) is 6.94. The molecule has 0 spiro atoms. The summed E-state index contributed by atoms with van der Waals surface area (Å²) < 4.78 is 0. The lowest BCUT2D eigenvalue weighted by molar-refractivity contribution is 0.0971. The number of ketones is 1. The predicted octanol–water partition coefficient (Wildman–Crippen LogP) is 3.32. The number of carbonyl (C=O) groups excluding carboxylic acids is 1. The van der Waals surface area contributed by atoms with Gasteiger partial charge in [-0.2, -0.15) is 0 Å². The summed E-state index contributed by atoms with van der Waals surface area (Å²) in [6.45, 7) is 0. The summed E-state index contributed by atoms with van der Waals surface area (Å²) in [6, 6.07) is 9.68. The third-order valence-electron chi connectivity index (χ3n) is 3.38. The Morgan fingerprint density at radius 3 is 2.50 bits per heavy atom. The molecule has 3 atom stereocenters. The number of hydrogen-bond acceptors (Lipinski definition) is 2. The molecule has 0 aromatic heterocycles. The van der Waals surface area contributed by atoms with Crippen LogP contribution in [0.25, 0.3) is 0 Å². The van der Waals surface area contributed by atoms with Crippen molar-refractivity contribution in [2.24, 2.45) is 5.92 Å². The van der Waals surface area contributed by atoms with E-state index in [1.165, 1.54) is 12.8 Å². The van der Waals surface area contributed by atoms with Gasteiger partial charge >= 0.3 is 0 Å². The molecule has 0 saturated carbocycles. The average Bonchev–Trinajstić information content (AvgIpc) is 2.40. The van der Waals surface area contributed by atoms with Crippen molar-refractivity contribution in [2.75, 3.05) is 0 Å². The molecule has 4 rings (SSSR count). The first kappa shape index (κ1) is 10.2. The molecule has 2 aliphatic heterocycles. The van der Waals surface area contributed by atoms with Crippen molar-refractivity contribution < 1.29 is 4.79 Å². The lowest BCUT2D eigenvalue weighted by atomic mass is 9.88. The van der Waals surface area contributed by atoms with Gasteiger partial charge in [-0.3, -0.25) is 4.79 Å². The first-order valence-corrected chi connectivity index (χ1v) is 6.72. The van der Waals surface area contributed by atoms with Crippen molar-refractivity contribution in [3.63, 3.8) is 0 Å². The molecule has 0 amide bonds. The van der Waals surface area contributed by atoms with E-state index >= 15 is 0 Å². The molecular weight excluding hydrogens is 216 g/mol. The van der Waals surface area contributed by atoms with Gasteiger partial charge in [0, 0.05) is 10.8 Å². The maximum Gasteiger partial charge on any atom is 0.176 e. The Bertz CT molecular complexity index is 424. The number of rotatable bonds is 2. The van der Waals surface area contributed by atoms with Crippen molar-refractivity contribution in [3.05, 3.63) is 48.0 Å². The van der Waals surface area contributed by atoms with Crippen LogP contribution in [0.5, 0.6) is 0 Å². The smallest absolute Gasteiger partial charge is 0.176 e. The molecule has 82 valence electrons. The Morgan fingerprint density at radius 2 is 1.94 bits per heavy atom. The second-order valence-electron chi connectivity index (χ2n) is 4.45. The van der Waals surface area contributed by atoms with Crippen LogP contribution < -0.4 is 0 Å². The highest BCUT2D eigenvalue weighted by molar-refractivity contribution is 8.01. The summed E-state index contributed by atoms with van der Waals surface area (Å²) in [4.78, 5) is 12.3. The van der Waals surface area contributed by atoms with Crippen LogP contribution in [-0.2, 0) is 0 Å². The van der Waals surface area contributed by atoms with Gasteiger partial charge in [0.05, 0.1) is 5.25 Å². The largest absolute Gasteiger partial charge is 0.293 e. The monoisotopic (exact) mass is 230 g/mol. The fraction of sp³-hybridized carbons (Fsp3) is 0.357. The molecule has 1 aliphatic carbocycles. The van der Waals surface area contributed by atoms with Crippen LogP contribution in [0.3, 0.4) is 0 Å². The van der Waals surface area contributed by atoms with Crippen LogP contribution in [-0.4, -0.2) is 16.3 Å². The van der Waals surface area contributed by atoms with Crippen LogP contribution in [0.4, 0.5) is 0 Å². The summed E-state index contributed by atoms with van der Waals surface area (Å²) >= 11 is 1.85. The predicted molar refractivity (Wildman–Crippen MR) is 67.8 cm³/mol. The van der Waals surface area contributed by atoms with Gasteiger partial charge in [-0.15, -0.1) is 11.8 Å². The Balaban J connectivity index is 1.84. The van der Waals surface area contributed by atoms with Gasteiger partial charge in [-0.1, -0.05) is 42.5 Å². The van der Waals surface area contributed by atoms with Crippen LogP contribution in [0.1, 0.15) is 23.2 Å². The van der Waals surface area contributed by atoms with E-state index < -0.39 is 0 Å². The van der Waals surface area contributed by atoms with Gasteiger partial charge in [0.25, 0.3) is 0 Å². The molecular formula is C14H14OS. The molecule has 2 heteroatoms. The van der Waals surface area contributed by atoms with E-state index in [2.05, 4.69) is 12.2 Å². The van der Waals surface area contributed by atoms with E-state index in [0.29, 0.717) is 17.0 Å². The highest BCUT2D eigenvalue weighted by atomic mass is 32.2. The Hall–Kier alpha value is -1.02. The van der Waals surface area contributed by atoms with Crippen molar-refractivity contribution in [1.82, 2.24) is 0 Å². The molecule has 1 fully saturated rings. The second-order valence-corrected chi connectivity index (χ2v) is 5.84. The molecule has 1 aromatic carbocycles. The summed E-state index contributed by atoms with van der Waals surface area (Å²) in [5, 5.41) is 0.730. The van der Waals surface area contributed by atoms with E-state index in [0.717, 1.165) is 5.56 Å². The summed E-state index contributed by atoms with van der Waals surface area (Å²) in [5.74, 6) is 0.771. The summed E-state index contributed by atoms with van der Waals surface area (Å²) in [7, 11) is 0. The first-order chi connectivity index (χ1) is 7.84. The third kappa shape index (κ3) is 1.71. The van der Waals surface area contributed by atoms with E-state index in [-0.39, 0.29) is 5.25 Å². The van der Waals surface area contributed by atoms with Crippen LogP contribution >= 0.6 is 11.8 Å². The van der Waals surface area contributed by atoms with Gasteiger partial charge < -0.3 is 0 Å². The Morgan fingerprint density at radius 1 is 1.12 bits per heavy atom. The molecule has 0 unspecified atom stereocenters. The number of hydrogen-bond donors (Lipinski definition) is 0. The van der Waals surface area contributed by atoms with Crippen molar-refractivity contribution in [1.29, 1.82) is 0 Å². The van der Waals surface area contributed by atoms with Crippen LogP contribution in [0.2, 0.25) is 0 Å². The topological polar surface area (TPSA) is 17.1 Å². The molecule has 0 N–H and O–H groups in total. The molecule has 1 saturated heterocycles. The van der Waals surface area contributed by atoms with Crippen molar-refractivity contribution in [3.8, 4) is 0 Å². The van der Waals surface area contributed by atoms with Crippen molar-refractivity contribution in [2.45, 2.75) is 23.3 Å². The minimum absolute atomic E-state index is 0.158. The number of allylic oxidation sites excluding steroid dienone is 1. The molecule has 1 nitrogen and oxygen atoms in total. The molecule has 2 heterocycles.